The molecule has 0 saturated carbocycles. The summed E-state index contributed by atoms with van der Waals surface area (Å²) >= 11 is 0. The largest absolute Gasteiger partial charge is 0.493 e. The number of amides is 1. The van der Waals surface area contributed by atoms with Crippen LogP contribution in [0.4, 0.5) is 0 Å². The van der Waals surface area contributed by atoms with Gasteiger partial charge in [-0.1, -0.05) is 6.92 Å². The van der Waals surface area contributed by atoms with Crippen LogP contribution in [-0.4, -0.2) is 58.2 Å². The van der Waals surface area contributed by atoms with Crippen molar-refractivity contribution in [2.75, 3.05) is 33.6 Å². The molecule has 0 spiro atoms. The van der Waals surface area contributed by atoms with Crippen LogP contribution in [0.5, 0.6) is 11.5 Å². The molecule has 0 aliphatic rings. The van der Waals surface area contributed by atoms with Crippen molar-refractivity contribution in [3.8, 4) is 11.5 Å². The van der Waals surface area contributed by atoms with Gasteiger partial charge in [0, 0.05) is 24.7 Å². The first-order valence-electron chi connectivity index (χ1n) is 7.71. The van der Waals surface area contributed by atoms with Crippen LogP contribution in [0.25, 0.3) is 0 Å². The number of hydrogen-bond donors (Lipinski definition) is 1. The van der Waals surface area contributed by atoms with Crippen molar-refractivity contribution in [1.82, 2.24) is 9.62 Å². The molecule has 136 valence electrons. The van der Waals surface area contributed by atoms with Crippen molar-refractivity contribution in [2.45, 2.75) is 26.3 Å². The van der Waals surface area contributed by atoms with Crippen LogP contribution >= 0.6 is 0 Å². The number of hydrogen-bond acceptors (Lipinski definition) is 5. The molecule has 1 rings (SSSR count). The number of ether oxygens (including phenoxy) is 2. The second kappa shape index (κ2) is 8.89. The molecule has 0 fully saturated rings. The molecular weight excluding hydrogens is 332 g/mol. The van der Waals surface area contributed by atoms with Gasteiger partial charge in [-0.3, -0.25) is 4.79 Å². The van der Waals surface area contributed by atoms with E-state index in [0.29, 0.717) is 23.5 Å². The fourth-order valence-corrected chi connectivity index (χ4v) is 3.50. The minimum atomic E-state index is -3.31. The molecule has 0 aromatic heterocycles. The minimum Gasteiger partial charge on any atom is -0.493 e. The molecule has 1 atom stereocenters. The molecule has 1 unspecified atom stereocenters. The summed E-state index contributed by atoms with van der Waals surface area (Å²) in [6.07, 6.45) is 1.88. The van der Waals surface area contributed by atoms with Crippen LogP contribution in [-0.2, 0) is 10.0 Å². The van der Waals surface area contributed by atoms with Crippen molar-refractivity contribution >= 4 is 15.9 Å². The van der Waals surface area contributed by atoms with Crippen LogP contribution < -0.4 is 14.8 Å². The van der Waals surface area contributed by atoms with E-state index in [2.05, 4.69) is 5.32 Å². The van der Waals surface area contributed by atoms with E-state index < -0.39 is 10.0 Å². The fourth-order valence-electron chi connectivity index (χ4n) is 2.28. The van der Waals surface area contributed by atoms with Crippen molar-refractivity contribution in [2.24, 2.45) is 0 Å². The van der Waals surface area contributed by atoms with Gasteiger partial charge < -0.3 is 14.8 Å². The summed E-state index contributed by atoms with van der Waals surface area (Å²) in [4.78, 5) is 12.2. The number of nitrogens with one attached hydrogen (secondary N) is 1. The monoisotopic (exact) mass is 358 g/mol. The van der Waals surface area contributed by atoms with Crippen LogP contribution in [0, 0.1) is 0 Å². The molecule has 0 radical (unpaired) electrons. The summed E-state index contributed by atoms with van der Waals surface area (Å²) in [7, 11) is -0.297. The molecule has 8 heteroatoms. The predicted octanol–water partition coefficient (Wildman–Crippen LogP) is 1.49. The lowest BCUT2D eigenvalue weighted by atomic mass is 10.2. The lowest BCUT2D eigenvalue weighted by Crippen LogP contribution is -2.42. The first-order chi connectivity index (χ1) is 11.2. The number of carbonyl (C=O) groups excluding carboxylic acids is 1. The SMILES string of the molecule is CCC(C)N(CCNC(=O)c1ccc(OC)c(OC)c1)S(C)(=O)=O. The van der Waals surface area contributed by atoms with E-state index in [1.807, 2.05) is 13.8 Å². The highest BCUT2D eigenvalue weighted by Gasteiger charge is 2.21. The van der Waals surface area contributed by atoms with E-state index in [9.17, 15) is 13.2 Å². The molecule has 0 saturated heterocycles. The van der Waals surface area contributed by atoms with E-state index in [1.54, 1.807) is 18.2 Å². The second-order valence-corrected chi connectivity index (χ2v) is 7.39. The molecule has 1 amide bonds. The highest BCUT2D eigenvalue weighted by atomic mass is 32.2. The summed E-state index contributed by atoms with van der Waals surface area (Å²) in [5, 5.41) is 2.73. The third-order valence-corrected chi connectivity index (χ3v) is 5.17. The van der Waals surface area contributed by atoms with E-state index in [0.717, 1.165) is 0 Å². The molecule has 24 heavy (non-hydrogen) atoms. The Balaban J connectivity index is 2.72. The Morgan fingerprint density at radius 2 is 1.88 bits per heavy atom. The van der Waals surface area contributed by atoms with Gasteiger partial charge in [-0.05, 0) is 31.5 Å². The first-order valence-corrected chi connectivity index (χ1v) is 9.56. The maximum absolute atomic E-state index is 12.2. The molecule has 1 aromatic carbocycles. The lowest BCUT2D eigenvalue weighted by Gasteiger charge is -2.26. The fraction of sp³-hybridized carbons (Fsp3) is 0.562. The van der Waals surface area contributed by atoms with Gasteiger partial charge in [0.25, 0.3) is 5.91 Å². The van der Waals surface area contributed by atoms with E-state index in [1.165, 1.54) is 24.8 Å². The van der Waals surface area contributed by atoms with Gasteiger partial charge in [-0.15, -0.1) is 0 Å². The van der Waals surface area contributed by atoms with Gasteiger partial charge in [0.05, 0.1) is 20.5 Å². The summed E-state index contributed by atoms with van der Waals surface area (Å²) < 4.78 is 35.3. The molecule has 0 heterocycles. The van der Waals surface area contributed by atoms with Gasteiger partial charge in [-0.2, -0.15) is 4.31 Å². The van der Waals surface area contributed by atoms with Gasteiger partial charge in [-0.25, -0.2) is 8.42 Å². The Kier molecular flexibility index (Phi) is 7.50. The van der Waals surface area contributed by atoms with Gasteiger partial charge >= 0.3 is 0 Å². The van der Waals surface area contributed by atoms with Crippen LogP contribution in [0.3, 0.4) is 0 Å². The van der Waals surface area contributed by atoms with E-state index in [-0.39, 0.29) is 25.0 Å². The smallest absolute Gasteiger partial charge is 0.251 e. The van der Waals surface area contributed by atoms with Crippen LogP contribution in [0.1, 0.15) is 30.6 Å². The Hall–Kier alpha value is -1.80. The number of carbonyl (C=O) groups is 1. The zero-order chi connectivity index (χ0) is 18.3. The summed E-state index contributed by atoms with van der Waals surface area (Å²) in [6, 6.07) is 4.74. The predicted molar refractivity (Wildman–Crippen MR) is 93.2 cm³/mol. The third-order valence-electron chi connectivity index (χ3n) is 3.77. The Morgan fingerprint density at radius 3 is 2.38 bits per heavy atom. The number of nitrogens with zero attached hydrogens (tertiary/aromatic N) is 1. The lowest BCUT2D eigenvalue weighted by molar-refractivity contribution is 0.0950. The number of methoxy groups -OCH3 is 2. The second-order valence-electron chi connectivity index (χ2n) is 5.46. The molecule has 0 aliphatic heterocycles. The average Bonchev–Trinajstić information content (AvgIpc) is 2.55. The number of benzene rings is 1. The Morgan fingerprint density at radius 1 is 1.25 bits per heavy atom. The van der Waals surface area contributed by atoms with Crippen molar-refractivity contribution in [3.63, 3.8) is 0 Å². The summed E-state index contributed by atoms with van der Waals surface area (Å²) in [6.45, 7) is 4.22. The Bertz CT molecular complexity index is 660. The highest BCUT2D eigenvalue weighted by molar-refractivity contribution is 7.88. The minimum absolute atomic E-state index is 0.113. The van der Waals surface area contributed by atoms with E-state index >= 15 is 0 Å². The third kappa shape index (κ3) is 5.38. The normalized spacial score (nSPS) is 12.8. The zero-order valence-corrected chi connectivity index (χ0v) is 15.6. The quantitative estimate of drug-likeness (QED) is 0.723. The van der Waals surface area contributed by atoms with Crippen LogP contribution in [0.2, 0.25) is 0 Å². The maximum atomic E-state index is 12.2. The standard InChI is InChI=1S/C16H26N2O5S/c1-6-12(2)18(24(5,20)21)10-9-17-16(19)13-7-8-14(22-3)15(11-13)23-4/h7-8,11-12H,6,9-10H2,1-5H3,(H,17,19). The van der Waals surface area contributed by atoms with Gasteiger partial charge in [0.15, 0.2) is 11.5 Å². The number of sulfonamides is 1. The molecule has 1 N–H and O–H groups in total. The van der Waals surface area contributed by atoms with Crippen LogP contribution in [0.15, 0.2) is 18.2 Å². The summed E-state index contributed by atoms with van der Waals surface area (Å²) in [5.41, 5.74) is 0.419. The number of rotatable bonds is 9. The zero-order valence-electron chi connectivity index (χ0n) is 14.8. The van der Waals surface area contributed by atoms with Gasteiger partial charge in [0.1, 0.15) is 0 Å². The Labute approximate surface area is 144 Å². The van der Waals surface area contributed by atoms with E-state index in [4.69, 9.17) is 9.47 Å². The van der Waals surface area contributed by atoms with Crippen molar-refractivity contribution in [1.29, 1.82) is 0 Å². The molecule has 7 nitrogen and oxygen atoms in total. The van der Waals surface area contributed by atoms with Crippen molar-refractivity contribution < 1.29 is 22.7 Å². The highest BCUT2D eigenvalue weighted by Crippen LogP contribution is 2.27. The summed E-state index contributed by atoms with van der Waals surface area (Å²) in [5.74, 6) is 0.699. The maximum Gasteiger partial charge on any atom is 0.251 e. The average molecular weight is 358 g/mol. The molecule has 0 aliphatic carbocycles. The topological polar surface area (TPSA) is 84.9 Å². The molecular formula is C16H26N2O5S. The van der Waals surface area contributed by atoms with Gasteiger partial charge in [0.2, 0.25) is 10.0 Å². The molecule has 0 bridgehead atoms. The van der Waals surface area contributed by atoms with Crippen molar-refractivity contribution in [3.05, 3.63) is 23.8 Å². The first kappa shape index (κ1) is 20.2. The molecule has 1 aromatic rings.